The van der Waals surface area contributed by atoms with E-state index in [2.05, 4.69) is 6.92 Å². The molecule has 2 aromatic rings. The van der Waals surface area contributed by atoms with Crippen molar-refractivity contribution in [3.05, 3.63) is 63.6 Å². The molecule has 0 aliphatic carbocycles. The maximum Gasteiger partial charge on any atom is 0.261 e. The molecule has 1 fully saturated rings. The largest absolute Gasteiger partial charge is 0.482 e. The first-order valence-electron chi connectivity index (χ1n) is 9.43. The lowest BCUT2D eigenvalue weighted by Gasteiger charge is -2.28. The summed E-state index contributed by atoms with van der Waals surface area (Å²) in [6, 6.07) is 12.4. The van der Waals surface area contributed by atoms with Crippen LogP contribution in [-0.4, -0.2) is 43.4 Å². The summed E-state index contributed by atoms with van der Waals surface area (Å²) in [5.41, 5.74) is 2.15. The van der Waals surface area contributed by atoms with Gasteiger partial charge in [0.05, 0.1) is 16.5 Å². The van der Waals surface area contributed by atoms with Crippen LogP contribution in [0.15, 0.2) is 42.5 Å². The van der Waals surface area contributed by atoms with E-state index in [0.717, 1.165) is 12.0 Å². The van der Waals surface area contributed by atoms with Crippen molar-refractivity contribution >= 4 is 38.9 Å². The van der Waals surface area contributed by atoms with Crippen LogP contribution in [0.3, 0.4) is 0 Å². The van der Waals surface area contributed by atoms with E-state index in [1.165, 1.54) is 5.56 Å². The second kappa shape index (κ2) is 9.37. The molecule has 8 heteroatoms. The molecule has 0 radical (unpaired) electrons. The van der Waals surface area contributed by atoms with Crippen molar-refractivity contribution in [1.29, 1.82) is 0 Å². The van der Waals surface area contributed by atoms with Crippen LogP contribution in [0.25, 0.3) is 0 Å². The van der Waals surface area contributed by atoms with Gasteiger partial charge in [-0.1, -0.05) is 54.4 Å². The Kier molecular flexibility index (Phi) is 7.09. The van der Waals surface area contributed by atoms with Gasteiger partial charge in [0.1, 0.15) is 5.75 Å². The summed E-state index contributed by atoms with van der Waals surface area (Å²) in [7, 11) is -3.13. The molecule has 1 atom stereocenters. The number of hydrogen-bond acceptors (Lipinski definition) is 4. The normalized spacial score (nSPS) is 17.8. The maximum atomic E-state index is 13.0. The minimum absolute atomic E-state index is 0.0204. The first-order valence-corrected chi connectivity index (χ1v) is 12.0. The number of hydrogen-bond donors (Lipinski definition) is 0. The molecule has 29 heavy (non-hydrogen) atoms. The number of rotatable bonds is 7. The van der Waals surface area contributed by atoms with Crippen molar-refractivity contribution in [3.63, 3.8) is 0 Å². The van der Waals surface area contributed by atoms with Crippen LogP contribution in [0, 0.1) is 0 Å². The van der Waals surface area contributed by atoms with Crippen molar-refractivity contribution in [1.82, 2.24) is 4.90 Å². The Balaban J connectivity index is 1.75. The summed E-state index contributed by atoms with van der Waals surface area (Å²) in [6.45, 7) is 2.18. The predicted octanol–water partition coefficient (Wildman–Crippen LogP) is 4.15. The highest BCUT2D eigenvalue weighted by molar-refractivity contribution is 7.91. The summed E-state index contributed by atoms with van der Waals surface area (Å²) >= 11 is 12.0. The zero-order chi connectivity index (χ0) is 21.0. The molecule has 0 spiro atoms. The molecule has 1 saturated heterocycles. The molecule has 1 heterocycles. The molecular formula is C21H23Cl2NO4S. The third kappa shape index (κ3) is 5.87. The fraction of sp³-hybridized carbons (Fsp3) is 0.381. The Morgan fingerprint density at radius 2 is 1.83 bits per heavy atom. The van der Waals surface area contributed by atoms with Crippen molar-refractivity contribution in [2.75, 3.05) is 18.1 Å². The molecule has 0 N–H and O–H groups in total. The highest BCUT2D eigenvalue weighted by atomic mass is 35.5. The van der Waals surface area contributed by atoms with Gasteiger partial charge in [-0.3, -0.25) is 4.79 Å². The summed E-state index contributed by atoms with van der Waals surface area (Å²) in [6.07, 6.45) is 1.36. The zero-order valence-electron chi connectivity index (χ0n) is 16.1. The van der Waals surface area contributed by atoms with E-state index >= 15 is 0 Å². The van der Waals surface area contributed by atoms with Crippen LogP contribution in [0.1, 0.15) is 24.5 Å². The molecule has 5 nitrogen and oxygen atoms in total. The smallest absolute Gasteiger partial charge is 0.261 e. The average molecular weight is 456 g/mol. The molecule has 0 saturated carbocycles. The summed E-state index contributed by atoms with van der Waals surface area (Å²) in [4.78, 5) is 14.6. The van der Waals surface area contributed by atoms with E-state index in [4.69, 9.17) is 27.9 Å². The Bertz CT molecular complexity index is 977. The number of aryl methyl sites for hydroxylation is 1. The predicted molar refractivity (Wildman–Crippen MR) is 115 cm³/mol. The second-order valence-electron chi connectivity index (χ2n) is 7.11. The topological polar surface area (TPSA) is 63.7 Å². The number of carbonyl (C=O) groups excluding carboxylic acids is 1. The minimum atomic E-state index is -3.13. The van der Waals surface area contributed by atoms with Gasteiger partial charge >= 0.3 is 0 Å². The van der Waals surface area contributed by atoms with Gasteiger partial charge in [0.2, 0.25) is 0 Å². The molecule has 3 rings (SSSR count). The Morgan fingerprint density at radius 3 is 2.41 bits per heavy atom. The first-order chi connectivity index (χ1) is 13.8. The summed E-state index contributed by atoms with van der Waals surface area (Å²) in [5, 5.41) is 0.789. The first kappa shape index (κ1) is 21.9. The van der Waals surface area contributed by atoms with Gasteiger partial charge in [-0.05, 0) is 42.2 Å². The van der Waals surface area contributed by atoms with E-state index in [1.54, 1.807) is 23.1 Å². The standard InChI is InChI=1S/C21H23Cl2NO4S/c1-2-15-3-5-16(6-4-15)12-24(18-9-10-29(26,27)14-18)21(25)13-28-20-8-7-17(22)11-19(20)23/h3-8,11,18H,2,9-10,12-14H2,1H3/t18-/m0/s1. The Hall–Kier alpha value is -1.76. The van der Waals surface area contributed by atoms with Crippen molar-refractivity contribution in [2.45, 2.75) is 32.4 Å². The fourth-order valence-electron chi connectivity index (χ4n) is 3.33. The SMILES string of the molecule is CCc1ccc(CN(C(=O)COc2ccc(Cl)cc2Cl)[C@H]2CCS(=O)(=O)C2)cc1. The van der Waals surface area contributed by atoms with Crippen LogP contribution < -0.4 is 4.74 Å². The molecule has 2 aromatic carbocycles. The van der Waals surface area contributed by atoms with Crippen molar-refractivity contribution in [2.24, 2.45) is 0 Å². The fourth-order valence-corrected chi connectivity index (χ4v) is 5.53. The van der Waals surface area contributed by atoms with Crippen LogP contribution in [0.4, 0.5) is 0 Å². The van der Waals surface area contributed by atoms with Crippen molar-refractivity contribution in [3.8, 4) is 5.75 Å². The number of nitrogens with zero attached hydrogens (tertiary/aromatic N) is 1. The van der Waals surface area contributed by atoms with Gasteiger partial charge in [0.25, 0.3) is 5.91 Å². The van der Waals surface area contributed by atoms with Crippen LogP contribution >= 0.6 is 23.2 Å². The molecule has 1 aliphatic rings. The number of carbonyl (C=O) groups is 1. The van der Waals surface area contributed by atoms with Gasteiger partial charge in [0.15, 0.2) is 16.4 Å². The van der Waals surface area contributed by atoms with E-state index in [9.17, 15) is 13.2 Å². The van der Waals surface area contributed by atoms with Gasteiger partial charge in [-0.25, -0.2) is 8.42 Å². The van der Waals surface area contributed by atoms with Crippen molar-refractivity contribution < 1.29 is 17.9 Å². The average Bonchev–Trinajstić information content (AvgIpc) is 3.05. The third-order valence-corrected chi connectivity index (χ3v) is 7.28. The van der Waals surface area contributed by atoms with Gasteiger partial charge < -0.3 is 9.64 Å². The van der Waals surface area contributed by atoms with Gasteiger partial charge in [0, 0.05) is 17.6 Å². The lowest BCUT2D eigenvalue weighted by molar-refractivity contribution is -0.136. The molecule has 0 aromatic heterocycles. The Labute approximate surface area is 181 Å². The molecule has 156 valence electrons. The highest BCUT2D eigenvalue weighted by Crippen LogP contribution is 2.28. The third-order valence-electron chi connectivity index (χ3n) is 5.00. The van der Waals surface area contributed by atoms with E-state index < -0.39 is 9.84 Å². The molecule has 0 bridgehead atoms. The number of ether oxygens (including phenoxy) is 1. The highest BCUT2D eigenvalue weighted by Gasteiger charge is 2.34. The Morgan fingerprint density at radius 1 is 1.14 bits per heavy atom. The van der Waals surface area contributed by atoms with Crippen LogP contribution in [-0.2, 0) is 27.6 Å². The second-order valence-corrected chi connectivity index (χ2v) is 10.2. The minimum Gasteiger partial charge on any atom is -0.482 e. The van der Waals surface area contributed by atoms with E-state index in [-0.39, 0.29) is 30.1 Å². The lowest BCUT2D eigenvalue weighted by Crippen LogP contribution is -2.43. The molecule has 1 aliphatic heterocycles. The monoisotopic (exact) mass is 455 g/mol. The van der Waals surface area contributed by atoms with Crippen LogP contribution in [0.5, 0.6) is 5.75 Å². The maximum absolute atomic E-state index is 13.0. The van der Waals surface area contributed by atoms with E-state index in [1.807, 2.05) is 24.3 Å². The zero-order valence-corrected chi connectivity index (χ0v) is 18.4. The number of amides is 1. The van der Waals surface area contributed by atoms with Gasteiger partial charge in [-0.15, -0.1) is 0 Å². The van der Waals surface area contributed by atoms with Crippen LogP contribution in [0.2, 0.25) is 10.0 Å². The summed E-state index contributed by atoms with van der Waals surface area (Å²) in [5.74, 6) is 0.154. The quantitative estimate of drug-likeness (QED) is 0.628. The summed E-state index contributed by atoms with van der Waals surface area (Å²) < 4.78 is 29.5. The van der Waals surface area contributed by atoms with E-state index in [0.29, 0.717) is 28.8 Å². The number of sulfone groups is 1. The number of halogens is 2. The molecule has 1 amide bonds. The van der Waals surface area contributed by atoms with Gasteiger partial charge in [-0.2, -0.15) is 0 Å². The number of benzene rings is 2. The lowest BCUT2D eigenvalue weighted by atomic mass is 10.1. The molecular weight excluding hydrogens is 433 g/mol. The molecule has 0 unspecified atom stereocenters.